The Morgan fingerprint density at radius 3 is 2.66 bits per heavy atom. The number of carbonyl (C=O) groups excluding carboxylic acids is 2. The molecule has 228 valence electrons. The second kappa shape index (κ2) is 19.8. The van der Waals surface area contributed by atoms with Crippen molar-refractivity contribution < 1.29 is 34.5 Å². The number of amides is 1. The van der Waals surface area contributed by atoms with Gasteiger partial charge in [0.15, 0.2) is 0 Å². The second-order valence-electron chi connectivity index (χ2n) is 10.5. The molecule has 1 fully saturated rings. The molecule has 1 aliphatic rings. The predicted octanol–water partition coefficient (Wildman–Crippen LogP) is 4.47. The molecule has 1 saturated carbocycles. The van der Waals surface area contributed by atoms with Gasteiger partial charge < -0.3 is 25.1 Å². The summed E-state index contributed by atoms with van der Waals surface area (Å²) in [6.45, 7) is 2.50. The Hall–Kier alpha value is -3.24. The fourth-order valence-corrected chi connectivity index (χ4v) is 5.08. The molecule has 10 nitrogen and oxygen atoms in total. The van der Waals surface area contributed by atoms with Crippen LogP contribution in [-0.4, -0.2) is 58.6 Å². The van der Waals surface area contributed by atoms with Crippen LogP contribution < -0.4 is 5.32 Å². The van der Waals surface area contributed by atoms with Crippen molar-refractivity contribution in [2.75, 3.05) is 13.2 Å². The zero-order valence-corrected chi connectivity index (χ0v) is 24.1. The molecule has 2 rings (SSSR count). The van der Waals surface area contributed by atoms with Gasteiger partial charge in [-0.25, -0.2) is 0 Å². The third kappa shape index (κ3) is 14.3. The van der Waals surface area contributed by atoms with Crippen LogP contribution in [0, 0.1) is 22.0 Å². The molecule has 0 aliphatic heterocycles. The van der Waals surface area contributed by atoms with Gasteiger partial charge in [-0.3, -0.25) is 9.59 Å². The van der Waals surface area contributed by atoms with Crippen LogP contribution in [0.1, 0.15) is 76.7 Å². The van der Waals surface area contributed by atoms with E-state index in [2.05, 4.69) is 10.2 Å². The molecule has 5 atom stereocenters. The fourth-order valence-electron chi connectivity index (χ4n) is 5.08. The predicted molar refractivity (Wildman–Crippen MR) is 155 cm³/mol. The summed E-state index contributed by atoms with van der Waals surface area (Å²) in [5.41, 5.74) is 1.15. The number of benzene rings is 1. The number of hydrogen-bond donors (Lipinski definition) is 3. The number of aliphatic hydroxyl groups excluding tert-OH is 2. The SMILES string of the molecule is CCNC(=O)CCC/C=C\C[C@@H]1C(/C=C/[C@@H](O)CCc2ccccc2)C(O)C[C@@H]1OC(=O)CCCCCO[N+](=O)[O-]. The summed E-state index contributed by atoms with van der Waals surface area (Å²) in [6, 6.07) is 9.94. The van der Waals surface area contributed by atoms with Gasteiger partial charge in [0.1, 0.15) is 6.10 Å². The van der Waals surface area contributed by atoms with E-state index >= 15 is 0 Å². The van der Waals surface area contributed by atoms with Crippen molar-refractivity contribution in [2.24, 2.45) is 11.8 Å². The van der Waals surface area contributed by atoms with E-state index in [1.54, 1.807) is 6.08 Å². The lowest BCUT2D eigenvalue weighted by Gasteiger charge is -2.23. The van der Waals surface area contributed by atoms with Crippen molar-refractivity contribution in [2.45, 2.75) is 95.9 Å². The Kier molecular flexibility index (Phi) is 16.4. The Balaban J connectivity index is 1.93. The van der Waals surface area contributed by atoms with E-state index < -0.39 is 23.4 Å². The van der Waals surface area contributed by atoms with Gasteiger partial charge in [-0.15, -0.1) is 10.1 Å². The summed E-state index contributed by atoms with van der Waals surface area (Å²) < 4.78 is 5.80. The van der Waals surface area contributed by atoms with E-state index in [4.69, 9.17) is 4.74 Å². The minimum atomic E-state index is -0.829. The van der Waals surface area contributed by atoms with E-state index in [1.165, 1.54) is 0 Å². The molecule has 1 amide bonds. The van der Waals surface area contributed by atoms with Crippen LogP contribution in [0.2, 0.25) is 0 Å². The van der Waals surface area contributed by atoms with Crippen LogP contribution in [0.5, 0.6) is 0 Å². The van der Waals surface area contributed by atoms with Gasteiger partial charge in [-0.2, -0.15) is 0 Å². The topological polar surface area (TPSA) is 148 Å². The van der Waals surface area contributed by atoms with Crippen LogP contribution in [0.4, 0.5) is 0 Å². The van der Waals surface area contributed by atoms with Crippen LogP contribution in [0.15, 0.2) is 54.6 Å². The van der Waals surface area contributed by atoms with Crippen molar-refractivity contribution >= 4 is 11.9 Å². The lowest BCUT2D eigenvalue weighted by molar-refractivity contribution is -0.757. The quantitative estimate of drug-likeness (QED) is 0.0679. The molecule has 0 heterocycles. The van der Waals surface area contributed by atoms with Crippen molar-refractivity contribution in [3.05, 3.63) is 70.3 Å². The molecule has 10 heteroatoms. The van der Waals surface area contributed by atoms with E-state index in [0.717, 1.165) is 24.8 Å². The summed E-state index contributed by atoms with van der Waals surface area (Å²) in [5.74, 6) is -0.757. The Labute approximate surface area is 242 Å². The minimum absolute atomic E-state index is 0.000233. The standard InChI is InChI=1S/C31H46N2O8/c1-2-32-30(36)16-10-4-3-9-15-27-26(21-20-25(34)19-18-24-13-7-5-8-14-24)28(35)23-29(27)41-31(37)17-11-6-12-22-40-33(38)39/h3,5,7-9,13-14,20-21,25-29,34-35H,2,4,6,10-12,15-19,22-23H2,1H3,(H,32,36)/b9-3-,21-20+/t25-,26?,27+,28?,29-/m0/s1. The first kappa shape index (κ1) is 34.0. The van der Waals surface area contributed by atoms with Crippen molar-refractivity contribution in [1.29, 1.82) is 0 Å². The third-order valence-electron chi connectivity index (χ3n) is 7.25. The van der Waals surface area contributed by atoms with E-state index in [1.807, 2.05) is 55.5 Å². The Bertz CT molecular complexity index is 968. The zero-order chi connectivity index (χ0) is 29.9. The fraction of sp³-hybridized carbons (Fsp3) is 0.613. The number of nitrogens with zero attached hydrogens (tertiary/aromatic N) is 1. The lowest BCUT2D eigenvalue weighted by Crippen LogP contribution is -2.25. The van der Waals surface area contributed by atoms with Gasteiger partial charge in [0.2, 0.25) is 5.91 Å². The molecular weight excluding hydrogens is 528 g/mol. The molecule has 0 aromatic heterocycles. The first-order chi connectivity index (χ1) is 19.8. The van der Waals surface area contributed by atoms with Crippen molar-refractivity contribution in [3.63, 3.8) is 0 Å². The summed E-state index contributed by atoms with van der Waals surface area (Å²) in [7, 11) is 0. The number of unbranched alkanes of at least 4 members (excludes halogenated alkanes) is 3. The van der Waals surface area contributed by atoms with E-state index in [-0.39, 0.29) is 36.7 Å². The van der Waals surface area contributed by atoms with Crippen LogP contribution in [0.25, 0.3) is 0 Å². The first-order valence-corrected chi connectivity index (χ1v) is 14.8. The van der Waals surface area contributed by atoms with Gasteiger partial charge in [0.05, 0.1) is 18.8 Å². The highest BCUT2D eigenvalue weighted by molar-refractivity contribution is 5.75. The van der Waals surface area contributed by atoms with Crippen LogP contribution >= 0.6 is 0 Å². The highest BCUT2D eigenvalue weighted by Crippen LogP contribution is 2.38. The molecule has 0 radical (unpaired) electrons. The summed E-state index contributed by atoms with van der Waals surface area (Å²) in [5, 5.41) is 33.6. The first-order valence-electron chi connectivity index (χ1n) is 14.8. The number of nitrogens with one attached hydrogen (secondary N) is 1. The molecule has 1 aliphatic carbocycles. The van der Waals surface area contributed by atoms with Crippen molar-refractivity contribution in [1.82, 2.24) is 5.32 Å². The maximum absolute atomic E-state index is 12.6. The summed E-state index contributed by atoms with van der Waals surface area (Å²) in [6.07, 6.45) is 11.7. The maximum Gasteiger partial charge on any atom is 0.306 e. The maximum atomic E-state index is 12.6. The summed E-state index contributed by atoms with van der Waals surface area (Å²) >= 11 is 0. The number of allylic oxidation sites excluding steroid dienone is 2. The highest BCUT2D eigenvalue weighted by Gasteiger charge is 2.42. The summed E-state index contributed by atoms with van der Waals surface area (Å²) in [4.78, 5) is 38.7. The minimum Gasteiger partial charge on any atom is -0.462 e. The number of rotatable bonds is 20. The molecule has 0 saturated heterocycles. The van der Waals surface area contributed by atoms with Gasteiger partial charge in [0, 0.05) is 37.6 Å². The number of hydrogen-bond acceptors (Lipinski definition) is 8. The van der Waals surface area contributed by atoms with Crippen LogP contribution in [-0.2, 0) is 25.6 Å². The largest absolute Gasteiger partial charge is 0.462 e. The Morgan fingerprint density at radius 1 is 1.15 bits per heavy atom. The monoisotopic (exact) mass is 574 g/mol. The molecule has 1 aromatic carbocycles. The molecule has 0 spiro atoms. The molecule has 3 N–H and O–H groups in total. The smallest absolute Gasteiger partial charge is 0.306 e. The molecule has 1 aromatic rings. The van der Waals surface area contributed by atoms with Crippen molar-refractivity contribution in [3.8, 4) is 0 Å². The van der Waals surface area contributed by atoms with Gasteiger partial charge in [-0.05, 0) is 57.4 Å². The molecule has 0 bridgehead atoms. The van der Waals surface area contributed by atoms with Gasteiger partial charge in [-0.1, -0.05) is 61.1 Å². The molecule has 2 unspecified atom stereocenters. The number of esters is 1. The lowest BCUT2D eigenvalue weighted by atomic mass is 9.89. The average Bonchev–Trinajstić information content (AvgIpc) is 3.23. The normalized spacial score (nSPS) is 21.2. The Morgan fingerprint density at radius 2 is 1.93 bits per heavy atom. The molecular formula is C31H46N2O8. The average molecular weight is 575 g/mol. The highest BCUT2D eigenvalue weighted by atomic mass is 16.9. The molecule has 41 heavy (non-hydrogen) atoms. The number of carbonyl (C=O) groups is 2. The number of ether oxygens (including phenoxy) is 1. The number of aryl methyl sites for hydroxylation is 1. The third-order valence-corrected chi connectivity index (χ3v) is 7.25. The van der Waals surface area contributed by atoms with E-state index in [0.29, 0.717) is 51.5 Å². The van der Waals surface area contributed by atoms with E-state index in [9.17, 15) is 29.9 Å². The van der Waals surface area contributed by atoms with Gasteiger partial charge >= 0.3 is 5.97 Å². The van der Waals surface area contributed by atoms with Crippen LogP contribution in [0.3, 0.4) is 0 Å². The second-order valence-corrected chi connectivity index (χ2v) is 10.5. The number of aliphatic hydroxyl groups is 2. The zero-order valence-electron chi connectivity index (χ0n) is 24.1. The van der Waals surface area contributed by atoms with Gasteiger partial charge in [0.25, 0.3) is 5.09 Å².